The lowest BCUT2D eigenvalue weighted by Crippen LogP contribution is -2.14. The van der Waals surface area contributed by atoms with Crippen LogP contribution in [0.3, 0.4) is 0 Å². The molecule has 0 aromatic heterocycles. The van der Waals surface area contributed by atoms with Gasteiger partial charge in [-0.3, -0.25) is 0 Å². The molecule has 0 aliphatic rings. The third kappa shape index (κ3) is 14.2. The second-order valence-corrected chi connectivity index (χ2v) is 27.8. The van der Waals surface area contributed by atoms with Crippen LogP contribution in [0, 0.1) is 0 Å². The van der Waals surface area contributed by atoms with Crippen LogP contribution in [0.1, 0.15) is 210 Å². The van der Waals surface area contributed by atoms with E-state index < -0.39 is 23.7 Å². The summed E-state index contributed by atoms with van der Waals surface area (Å²) in [6, 6.07) is 117. The number of phenolic OH excluding ortho intramolecular Hbond substituents is 5. The molecule has 9 atom stereocenters. The molecule has 0 bridgehead atoms. The van der Waals surface area contributed by atoms with Crippen LogP contribution in [0.4, 0.5) is 0 Å². The predicted molar refractivity (Wildman–Crippen MR) is 420 cm³/mol. The number of phenols is 5. The maximum Gasteiger partial charge on any atom is 0.123 e. The van der Waals surface area contributed by atoms with Crippen molar-refractivity contribution in [3.63, 3.8) is 0 Å². The van der Waals surface area contributed by atoms with Crippen LogP contribution < -0.4 is 0 Å². The van der Waals surface area contributed by atoms with E-state index in [1.807, 2.05) is 115 Å². The van der Waals surface area contributed by atoms with E-state index in [0.717, 1.165) is 77.9 Å². The number of hydrogen-bond donors (Lipinski definition) is 5. The summed E-state index contributed by atoms with van der Waals surface area (Å²) in [5, 5.41) is 67.8. The SMILES string of the molecule is CC(c1ccccc1)c1ccc(O)c(C(c2ccccc2)c2cc(C(C)c3ccccc3)cc(C(c3ccccc3)c3cc(C(C)c4ccccc4)cc(C(c4ccccc4)c4cc(C(C)c5ccccc5)cc(C(c5ccccc5)c5cc(C(C)c6ccccc6)ccc5O)c4O)c3O)c2O)c1. The predicted octanol–water partition coefficient (Wildman–Crippen LogP) is 23.7. The van der Waals surface area contributed by atoms with Crippen molar-refractivity contribution in [2.24, 2.45) is 0 Å². The van der Waals surface area contributed by atoms with Gasteiger partial charge < -0.3 is 25.5 Å². The second kappa shape index (κ2) is 30.5. The monoisotopic (exact) mass is 1340 g/mol. The highest BCUT2D eigenvalue weighted by Gasteiger charge is 2.37. The van der Waals surface area contributed by atoms with E-state index in [9.17, 15) is 25.5 Å². The van der Waals surface area contributed by atoms with Crippen molar-refractivity contribution in [1.29, 1.82) is 0 Å². The third-order valence-corrected chi connectivity index (χ3v) is 21.7. The van der Waals surface area contributed by atoms with Gasteiger partial charge in [-0.1, -0.05) is 368 Å². The summed E-state index contributed by atoms with van der Waals surface area (Å²) in [6.45, 7) is 11.0. The van der Waals surface area contributed by atoms with Crippen LogP contribution in [0.25, 0.3) is 0 Å². The Hall–Kier alpha value is -11.9. The van der Waals surface area contributed by atoms with Crippen LogP contribution in [-0.2, 0) is 0 Å². The van der Waals surface area contributed by atoms with Crippen molar-refractivity contribution >= 4 is 0 Å². The molecule has 508 valence electrons. The average Bonchev–Trinajstić information content (AvgIpc) is 0.738. The molecule has 103 heavy (non-hydrogen) atoms. The molecule has 0 spiro atoms. The molecular formula is C98H86O5. The van der Waals surface area contributed by atoms with Gasteiger partial charge in [-0.2, -0.15) is 0 Å². The molecule has 5 N–H and O–H groups in total. The van der Waals surface area contributed by atoms with Crippen LogP contribution >= 0.6 is 0 Å². The van der Waals surface area contributed by atoms with Gasteiger partial charge in [0.15, 0.2) is 0 Å². The topological polar surface area (TPSA) is 101 Å². The highest BCUT2D eigenvalue weighted by atomic mass is 16.3. The van der Waals surface area contributed by atoms with Gasteiger partial charge in [0.2, 0.25) is 0 Å². The third-order valence-electron chi connectivity index (χ3n) is 21.7. The maximum absolute atomic E-state index is 14.5. The van der Waals surface area contributed by atoms with Crippen LogP contribution in [0.15, 0.2) is 346 Å². The highest BCUT2D eigenvalue weighted by molar-refractivity contribution is 5.68. The van der Waals surface area contributed by atoms with Gasteiger partial charge in [-0.25, -0.2) is 0 Å². The van der Waals surface area contributed by atoms with Crippen molar-refractivity contribution in [2.45, 2.75) is 87.9 Å². The van der Waals surface area contributed by atoms with E-state index in [4.69, 9.17) is 0 Å². The summed E-state index contributed by atoms with van der Waals surface area (Å²) >= 11 is 0. The summed E-state index contributed by atoms with van der Waals surface area (Å²) in [5.74, 6) is -3.46. The smallest absolute Gasteiger partial charge is 0.123 e. The van der Waals surface area contributed by atoms with Crippen molar-refractivity contribution in [3.8, 4) is 28.7 Å². The van der Waals surface area contributed by atoms with Gasteiger partial charge in [0, 0.05) is 97.8 Å². The molecule has 14 rings (SSSR count). The normalized spacial score (nSPS) is 14.1. The largest absolute Gasteiger partial charge is 0.508 e. The minimum Gasteiger partial charge on any atom is -0.508 e. The molecule has 0 radical (unpaired) electrons. The molecule has 14 aromatic rings. The lowest BCUT2D eigenvalue weighted by atomic mass is 9.73. The van der Waals surface area contributed by atoms with Crippen molar-refractivity contribution < 1.29 is 25.5 Å². The fourth-order valence-electron chi connectivity index (χ4n) is 15.7. The van der Waals surface area contributed by atoms with Gasteiger partial charge in [-0.15, -0.1) is 0 Å². The van der Waals surface area contributed by atoms with Gasteiger partial charge in [0.05, 0.1) is 0 Å². The number of rotatable bonds is 22. The van der Waals surface area contributed by atoms with Crippen LogP contribution in [0.5, 0.6) is 28.7 Å². The first kappa shape index (κ1) is 68.2. The fraction of sp³-hybridized carbons (Fsp3) is 0.143. The van der Waals surface area contributed by atoms with E-state index in [-0.39, 0.29) is 58.3 Å². The quantitative estimate of drug-likeness (QED) is 0.0435. The summed E-state index contributed by atoms with van der Waals surface area (Å²) in [5.41, 5.74) is 18.4. The van der Waals surface area contributed by atoms with Crippen molar-refractivity contribution in [3.05, 3.63) is 468 Å². The summed E-state index contributed by atoms with van der Waals surface area (Å²) in [4.78, 5) is 0. The Morgan fingerprint density at radius 2 is 0.311 bits per heavy atom. The number of aromatic hydroxyl groups is 5. The van der Waals surface area contributed by atoms with Gasteiger partial charge >= 0.3 is 0 Å². The molecule has 0 heterocycles. The zero-order valence-corrected chi connectivity index (χ0v) is 58.8. The zero-order chi connectivity index (χ0) is 71.1. The molecule has 0 saturated heterocycles. The van der Waals surface area contributed by atoms with Crippen LogP contribution in [0.2, 0.25) is 0 Å². The van der Waals surface area contributed by atoms with E-state index in [0.29, 0.717) is 44.5 Å². The van der Waals surface area contributed by atoms with Crippen LogP contribution in [-0.4, -0.2) is 25.5 Å². The standard InChI is InChI=1S/C98H86O5/c1-63(68-33-15-6-16-34-68)77-51-53-90(99)82(55-77)92(73-43-25-11-26-44-73)84-57-79(65(3)70-37-19-8-20-38-70)59-86(96(84)101)94(75-47-29-13-30-48-75)88-61-81(67(5)72-41-23-10-24-42-72)62-89(98(88)103)95(76-49-31-14-32-50-76)87-60-80(66(4)71-39-21-9-22-40-71)58-85(97(87)102)93(74-45-27-12-28-46-74)83-56-78(52-54-91(83)100)64(2)69-35-17-7-18-36-69/h6-67,92-95,99-103H,1-5H3. The molecule has 0 fully saturated rings. The molecule has 0 saturated carbocycles. The Bertz CT molecular complexity index is 4870. The molecule has 14 aromatic carbocycles. The average molecular weight is 1340 g/mol. The lowest BCUT2D eigenvalue weighted by Gasteiger charge is -2.31. The van der Waals surface area contributed by atoms with Gasteiger partial charge in [0.25, 0.3) is 0 Å². The van der Waals surface area contributed by atoms with E-state index in [1.165, 1.54) is 0 Å². The Labute approximate surface area is 606 Å². The number of benzene rings is 14. The first-order valence-corrected chi connectivity index (χ1v) is 36.0. The molecule has 5 nitrogen and oxygen atoms in total. The maximum atomic E-state index is 14.5. The van der Waals surface area contributed by atoms with E-state index in [2.05, 4.69) is 253 Å². The minimum absolute atomic E-state index is 0.00338. The number of hydrogen-bond acceptors (Lipinski definition) is 5. The Balaban J connectivity index is 1.06. The molecule has 0 aliphatic carbocycles. The lowest BCUT2D eigenvalue weighted by molar-refractivity contribution is 0.445. The fourth-order valence-corrected chi connectivity index (χ4v) is 15.7. The molecule has 0 aliphatic heterocycles. The molecule has 5 heteroatoms. The zero-order valence-electron chi connectivity index (χ0n) is 58.8. The van der Waals surface area contributed by atoms with E-state index in [1.54, 1.807) is 12.1 Å². The highest BCUT2D eigenvalue weighted by Crippen LogP contribution is 2.55. The summed E-state index contributed by atoms with van der Waals surface area (Å²) in [7, 11) is 0. The van der Waals surface area contributed by atoms with Crippen molar-refractivity contribution in [1.82, 2.24) is 0 Å². The summed E-state index contributed by atoms with van der Waals surface area (Å²) in [6.07, 6.45) is 0. The van der Waals surface area contributed by atoms with Gasteiger partial charge in [-0.05, 0) is 90.0 Å². The van der Waals surface area contributed by atoms with Gasteiger partial charge in [0.1, 0.15) is 28.7 Å². The Morgan fingerprint density at radius 1 is 0.155 bits per heavy atom. The first-order valence-electron chi connectivity index (χ1n) is 36.0. The summed E-state index contributed by atoms with van der Waals surface area (Å²) < 4.78 is 0. The molecular weight excluding hydrogens is 1260 g/mol. The molecule has 0 amide bonds. The first-order chi connectivity index (χ1) is 50.3. The van der Waals surface area contributed by atoms with E-state index >= 15 is 0 Å². The Morgan fingerprint density at radius 3 is 0.505 bits per heavy atom. The Kier molecular flexibility index (Phi) is 20.2. The minimum atomic E-state index is -0.833. The van der Waals surface area contributed by atoms with Crippen molar-refractivity contribution in [2.75, 3.05) is 0 Å². The second-order valence-electron chi connectivity index (χ2n) is 27.8. The molecule has 9 unspecified atom stereocenters.